The van der Waals surface area contributed by atoms with Crippen LogP contribution in [0.5, 0.6) is 0 Å². The second kappa shape index (κ2) is 8.70. The van der Waals surface area contributed by atoms with Crippen LogP contribution in [-0.2, 0) is 20.9 Å². The summed E-state index contributed by atoms with van der Waals surface area (Å²) >= 11 is 0. The Morgan fingerprint density at radius 2 is 1.96 bits per heavy atom. The maximum atomic E-state index is 12.2. The first-order valence-electron chi connectivity index (χ1n) is 9.78. The van der Waals surface area contributed by atoms with Gasteiger partial charge in [-0.1, -0.05) is 24.1 Å². The molecule has 0 aliphatic heterocycles. The zero-order valence-electron chi connectivity index (χ0n) is 16.7. The molecule has 1 aliphatic carbocycles. The molecule has 146 valence electrons. The Morgan fingerprint density at radius 1 is 1.22 bits per heavy atom. The Morgan fingerprint density at radius 3 is 2.67 bits per heavy atom. The number of benzene rings is 1. The summed E-state index contributed by atoms with van der Waals surface area (Å²) in [5, 5.41) is 0. The van der Waals surface area contributed by atoms with E-state index in [1.807, 2.05) is 45.0 Å². The van der Waals surface area contributed by atoms with Gasteiger partial charge in [0.1, 0.15) is 11.5 Å². The SMILES string of the molecule is Cc1ccc(-c2nc(CO[C@H]3CCC[C@@H](C(=O)OC(C)C)C3)c(C)o2)cc1. The van der Waals surface area contributed by atoms with Gasteiger partial charge in [0.2, 0.25) is 5.89 Å². The minimum absolute atomic E-state index is 0.0578. The Bertz CT molecular complexity index is 763. The highest BCUT2D eigenvalue weighted by Gasteiger charge is 2.29. The standard InChI is InChI=1S/C22H29NO4/c1-14(2)26-22(24)18-6-5-7-19(12-18)25-13-20-16(4)27-21(23-20)17-10-8-15(3)9-11-17/h8-11,14,18-19H,5-7,12-13H2,1-4H3/t18-,19+/m1/s1. The monoisotopic (exact) mass is 371 g/mol. The second-order valence-corrected chi connectivity index (χ2v) is 7.67. The summed E-state index contributed by atoms with van der Waals surface area (Å²) in [5.41, 5.74) is 2.98. The van der Waals surface area contributed by atoms with Crippen molar-refractivity contribution in [3.05, 3.63) is 41.3 Å². The summed E-state index contributed by atoms with van der Waals surface area (Å²) in [5.74, 6) is 1.23. The van der Waals surface area contributed by atoms with E-state index in [1.165, 1.54) is 5.56 Å². The Hall–Kier alpha value is -2.14. The Balaban J connectivity index is 1.58. The van der Waals surface area contributed by atoms with Crippen LogP contribution in [0.4, 0.5) is 0 Å². The molecule has 0 saturated heterocycles. The van der Waals surface area contributed by atoms with Crippen LogP contribution in [0.3, 0.4) is 0 Å². The van der Waals surface area contributed by atoms with Crippen molar-refractivity contribution in [1.82, 2.24) is 4.98 Å². The van der Waals surface area contributed by atoms with Crippen molar-refractivity contribution in [3.8, 4) is 11.5 Å². The molecule has 1 aliphatic rings. The number of carbonyl (C=O) groups excluding carboxylic acids is 1. The molecular weight excluding hydrogens is 342 g/mol. The van der Waals surface area contributed by atoms with Crippen molar-refractivity contribution in [2.45, 2.75) is 72.2 Å². The minimum atomic E-state index is -0.0995. The van der Waals surface area contributed by atoms with Crippen molar-refractivity contribution in [2.75, 3.05) is 0 Å². The van der Waals surface area contributed by atoms with Gasteiger partial charge in [-0.25, -0.2) is 4.98 Å². The van der Waals surface area contributed by atoms with E-state index in [-0.39, 0.29) is 24.1 Å². The number of esters is 1. The van der Waals surface area contributed by atoms with Crippen LogP contribution in [0.2, 0.25) is 0 Å². The lowest BCUT2D eigenvalue weighted by molar-refractivity contribution is -0.155. The number of oxazole rings is 1. The van der Waals surface area contributed by atoms with Gasteiger partial charge in [-0.2, -0.15) is 0 Å². The first-order valence-corrected chi connectivity index (χ1v) is 9.78. The molecule has 1 saturated carbocycles. The second-order valence-electron chi connectivity index (χ2n) is 7.67. The molecule has 0 unspecified atom stereocenters. The maximum Gasteiger partial charge on any atom is 0.309 e. The molecule has 0 N–H and O–H groups in total. The molecular formula is C22H29NO4. The van der Waals surface area contributed by atoms with E-state index in [4.69, 9.17) is 13.9 Å². The van der Waals surface area contributed by atoms with Crippen LogP contribution >= 0.6 is 0 Å². The highest BCUT2D eigenvalue weighted by Crippen LogP contribution is 2.29. The minimum Gasteiger partial charge on any atom is -0.463 e. The summed E-state index contributed by atoms with van der Waals surface area (Å²) in [6.45, 7) is 8.13. The number of carbonyl (C=O) groups is 1. The molecule has 5 nitrogen and oxygen atoms in total. The first-order chi connectivity index (χ1) is 12.9. The Labute approximate surface area is 161 Å². The molecule has 0 radical (unpaired) electrons. The van der Waals surface area contributed by atoms with Gasteiger partial charge in [0, 0.05) is 5.56 Å². The quantitative estimate of drug-likeness (QED) is 0.670. The van der Waals surface area contributed by atoms with Crippen LogP contribution in [0.15, 0.2) is 28.7 Å². The van der Waals surface area contributed by atoms with Crippen LogP contribution in [0, 0.1) is 19.8 Å². The first kappa shape index (κ1) is 19.6. The molecule has 1 aromatic heterocycles. The van der Waals surface area contributed by atoms with Gasteiger partial charge in [-0.05, 0) is 59.1 Å². The molecule has 0 bridgehead atoms. The Kier molecular flexibility index (Phi) is 6.32. The molecule has 0 spiro atoms. The number of rotatable bonds is 6. The molecule has 1 heterocycles. The molecule has 1 aromatic carbocycles. The van der Waals surface area contributed by atoms with Gasteiger partial charge < -0.3 is 13.9 Å². The maximum absolute atomic E-state index is 12.2. The van der Waals surface area contributed by atoms with E-state index in [1.54, 1.807) is 0 Å². The van der Waals surface area contributed by atoms with Gasteiger partial charge in [-0.3, -0.25) is 4.79 Å². The summed E-state index contributed by atoms with van der Waals surface area (Å²) in [7, 11) is 0. The average molecular weight is 371 g/mol. The van der Waals surface area contributed by atoms with Crippen LogP contribution in [-0.4, -0.2) is 23.2 Å². The summed E-state index contributed by atoms with van der Waals surface area (Å²) in [6, 6.07) is 8.11. The lowest BCUT2D eigenvalue weighted by Gasteiger charge is -2.28. The van der Waals surface area contributed by atoms with E-state index >= 15 is 0 Å². The third kappa shape index (κ3) is 5.19. The summed E-state index contributed by atoms with van der Waals surface area (Å²) in [4.78, 5) is 16.8. The fourth-order valence-electron chi connectivity index (χ4n) is 3.42. The number of hydrogen-bond donors (Lipinski definition) is 0. The fraction of sp³-hybridized carbons (Fsp3) is 0.545. The predicted molar refractivity (Wildman–Crippen MR) is 103 cm³/mol. The van der Waals surface area contributed by atoms with Crippen LogP contribution in [0.25, 0.3) is 11.5 Å². The van der Waals surface area contributed by atoms with Gasteiger partial charge >= 0.3 is 5.97 Å². The number of hydrogen-bond acceptors (Lipinski definition) is 5. The topological polar surface area (TPSA) is 61.6 Å². The largest absolute Gasteiger partial charge is 0.463 e. The van der Waals surface area contributed by atoms with E-state index in [0.717, 1.165) is 36.3 Å². The molecule has 1 fully saturated rings. The molecule has 3 rings (SSSR count). The van der Waals surface area contributed by atoms with E-state index in [2.05, 4.69) is 11.9 Å². The van der Waals surface area contributed by atoms with Gasteiger partial charge in [0.25, 0.3) is 0 Å². The number of nitrogens with zero attached hydrogens (tertiary/aromatic N) is 1. The highest BCUT2D eigenvalue weighted by atomic mass is 16.5. The zero-order chi connectivity index (χ0) is 19.4. The lowest BCUT2D eigenvalue weighted by Crippen LogP contribution is -2.30. The van der Waals surface area contributed by atoms with Crippen molar-refractivity contribution in [2.24, 2.45) is 5.92 Å². The van der Waals surface area contributed by atoms with Gasteiger partial charge in [0.15, 0.2) is 0 Å². The summed E-state index contributed by atoms with van der Waals surface area (Å²) < 4.78 is 17.3. The third-order valence-electron chi connectivity index (χ3n) is 4.96. The van der Waals surface area contributed by atoms with Gasteiger partial charge in [-0.15, -0.1) is 0 Å². The lowest BCUT2D eigenvalue weighted by atomic mass is 9.87. The zero-order valence-corrected chi connectivity index (χ0v) is 16.7. The van der Waals surface area contributed by atoms with Crippen molar-refractivity contribution in [1.29, 1.82) is 0 Å². The predicted octanol–water partition coefficient (Wildman–Crippen LogP) is 4.99. The number of aryl methyl sites for hydroxylation is 2. The van der Waals surface area contributed by atoms with Crippen molar-refractivity contribution < 1.29 is 18.7 Å². The molecule has 2 aromatic rings. The molecule has 27 heavy (non-hydrogen) atoms. The van der Waals surface area contributed by atoms with Crippen LogP contribution in [0.1, 0.15) is 56.5 Å². The van der Waals surface area contributed by atoms with E-state index < -0.39 is 0 Å². The third-order valence-corrected chi connectivity index (χ3v) is 4.96. The van der Waals surface area contributed by atoms with Crippen molar-refractivity contribution in [3.63, 3.8) is 0 Å². The molecule has 2 atom stereocenters. The van der Waals surface area contributed by atoms with Crippen molar-refractivity contribution >= 4 is 5.97 Å². The van der Waals surface area contributed by atoms with E-state index in [0.29, 0.717) is 18.9 Å². The molecule has 5 heteroatoms. The molecule has 0 amide bonds. The normalized spacial score (nSPS) is 20.0. The highest BCUT2D eigenvalue weighted by molar-refractivity contribution is 5.72. The van der Waals surface area contributed by atoms with E-state index in [9.17, 15) is 4.79 Å². The number of ether oxygens (including phenoxy) is 2. The van der Waals surface area contributed by atoms with Crippen LogP contribution < -0.4 is 0 Å². The van der Waals surface area contributed by atoms with Gasteiger partial charge in [0.05, 0.1) is 24.7 Å². The fourth-order valence-corrected chi connectivity index (χ4v) is 3.42. The number of aromatic nitrogens is 1. The summed E-state index contributed by atoms with van der Waals surface area (Å²) in [6.07, 6.45) is 3.53. The smallest absolute Gasteiger partial charge is 0.309 e. The average Bonchev–Trinajstić information content (AvgIpc) is 3.01.